The van der Waals surface area contributed by atoms with E-state index in [0.29, 0.717) is 0 Å². The summed E-state index contributed by atoms with van der Waals surface area (Å²) < 4.78 is 10.4. The second-order valence-corrected chi connectivity index (χ2v) is 4.32. The SMILES string of the molecule is C[C@H]1C[C@@H](NC(=O)OCc2ccccc2)C=CO1. The summed E-state index contributed by atoms with van der Waals surface area (Å²) >= 11 is 0. The maximum atomic E-state index is 11.6. The molecule has 1 N–H and O–H groups in total. The second kappa shape index (κ2) is 6.10. The summed E-state index contributed by atoms with van der Waals surface area (Å²) in [7, 11) is 0. The van der Waals surface area contributed by atoms with E-state index in [-0.39, 0.29) is 18.8 Å². The highest BCUT2D eigenvalue weighted by molar-refractivity contribution is 5.67. The molecule has 0 fully saturated rings. The Balaban J connectivity index is 1.75. The fraction of sp³-hybridized carbons (Fsp3) is 0.357. The van der Waals surface area contributed by atoms with Crippen LogP contribution in [0.2, 0.25) is 0 Å². The maximum Gasteiger partial charge on any atom is 0.407 e. The van der Waals surface area contributed by atoms with E-state index in [0.717, 1.165) is 12.0 Å². The van der Waals surface area contributed by atoms with Gasteiger partial charge in [0.15, 0.2) is 0 Å². The number of nitrogens with one attached hydrogen (secondary N) is 1. The topological polar surface area (TPSA) is 47.6 Å². The minimum Gasteiger partial charge on any atom is -0.498 e. The molecule has 1 aliphatic heterocycles. The van der Waals surface area contributed by atoms with Crippen LogP contribution < -0.4 is 5.32 Å². The van der Waals surface area contributed by atoms with Crippen LogP contribution in [0.15, 0.2) is 42.7 Å². The van der Waals surface area contributed by atoms with Gasteiger partial charge in [0, 0.05) is 6.42 Å². The third-order valence-corrected chi connectivity index (χ3v) is 2.72. The van der Waals surface area contributed by atoms with Gasteiger partial charge >= 0.3 is 6.09 Å². The first-order valence-corrected chi connectivity index (χ1v) is 6.03. The van der Waals surface area contributed by atoms with E-state index in [1.54, 1.807) is 6.26 Å². The zero-order chi connectivity index (χ0) is 12.8. The average Bonchev–Trinajstić information content (AvgIpc) is 2.38. The first kappa shape index (κ1) is 12.5. The molecule has 1 aromatic rings. The van der Waals surface area contributed by atoms with Crippen molar-refractivity contribution in [2.45, 2.75) is 32.1 Å². The molecule has 0 bridgehead atoms. The zero-order valence-corrected chi connectivity index (χ0v) is 10.3. The van der Waals surface area contributed by atoms with Crippen molar-refractivity contribution in [1.29, 1.82) is 0 Å². The first-order valence-electron chi connectivity index (χ1n) is 6.03. The van der Waals surface area contributed by atoms with Gasteiger partial charge in [-0.15, -0.1) is 0 Å². The van der Waals surface area contributed by atoms with Crippen molar-refractivity contribution >= 4 is 6.09 Å². The summed E-state index contributed by atoms with van der Waals surface area (Å²) in [5.74, 6) is 0. The van der Waals surface area contributed by atoms with E-state index in [1.807, 2.05) is 43.3 Å². The van der Waals surface area contributed by atoms with Crippen molar-refractivity contribution in [3.63, 3.8) is 0 Å². The third kappa shape index (κ3) is 3.80. The molecule has 0 saturated heterocycles. The number of carbonyl (C=O) groups is 1. The molecule has 0 unspecified atom stereocenters. The van der Waals surface area contributed by atoms with Gasteiger partial charge in [-0.3, -0.25) is 0 Å². The van der Waals surface area contributed by atoms with Gasteiger partial charge in [0.1, 0.15) is 6.61 Å². The van der Waals surface area contributed by atoms with Crippen molar-refractivity contribution in [2.75, 3.05) is 0 Å². The lowest BCUT2D eigenvalue weighted by atomic mass is 10.1. The maximum absolute atomic E-state index is 11.6. The van der Waals surface area contributed by atoms with E-state index in [2.05, 4.69) is 5.32 Å². The Hall–Kier alpha value is -1.97. The summed E-state index contributed by atoms with van der Waals surface area (Å²) in [5, 5.41) is 2.79. The number of rotatable bonds is 3. The van der Waals surface area contributed by atoms with Crippen LogP contribution >= 0.6 is 0 Å². The van der Waals surface area contributed by atoms with Crippen LogP contribution in [0.4, 0.5) is 4.79 Å². The van der Waals surface area contributed by atoms with Gasteiger partial charge in [0.05, 0.1) is 18.4 Å². The number of carbonyl (C=O) groups excluding carboxylic acids is 1. The molecule has 4 heteroatoms. The molecule has 2 rings (SSSR count). The van der Waals surface area contributed by atoms with Crippen LogP contribution in [0.5, 0.6) is 0 Å². The van der Waals surface area contributed by atoms with Gasteiger partial charge in [0.2, 0.25) is 0 Å². The van der Waals surface area contributed by atoms with Crippen molar-refractivity contribution in [2.24, 2.45) is 0 Å². The Morgan fingerprint density at radius 1 is 1.44 bits per heavy atom. The highest BCUT2D eigenvalue weighted by Crippen LogP contribution is 2.10. The van der Waals surface area contributed by atoms with Gasteiger partial charge in [-0.05, 0) is 18.6 Å². The third-order valence-electron chi connectivity index (χ3n) is 2.72. The standard InChI is InChI=1S/C14H17NO3/c1-11-9-13(7-8-17-11)15-14(16)18-10-12-5-3-2-4-6-12/h2-8,11,13H,9-10H2,1H3,(H,15,16)/t11-,13-/m0/s1. The number of hydrogen-bond donors (Lipinski definition) is 1. The molecule has 18 heavy (non-hydrogen) atoms. The quantitative estimate of drug-likeness (QED) is 0.893. The number of hydrogen-bond acceptors (Lipinski definition) is 3. The van der Waals surface area contributed by atoms with Crippen molar-refractivity contribution in [1.82, 2.24) is 5.32 Å². The van der Waals surface area contributed by atoms with Crippen molar-refractivity contribution < 1.29 is 14.3 Å². The monoisotopic (exact) mass is 247 g/mol. The first-order chi connectivity index (χ1) is 8.74. The minimum absolute atomic E-state index is 0.0166. The molecule has 2 atom stereocenters. The summed E-state index contributed by atoms with van der Waals surface area (Å²) in [6, 6.07) is 9.58. The van der Waals surface area contributed by atoms with Crippen LogP contribution in [0.25, 0.3) is 0 Å². The number of benzene rings is 1. The Morgan fingerprint density at radius 2 is 2.22 bits per heavy atom. The highest BCUT2D eigenvalue weighted by atomic mass is 16.5. The van der Waals surface area contributed by atoms with Crippen LogP contribution in [-0.4, -0.2) is 18.2 Å². The summed E-state index contributed by atoms with van der Waals surface area (Å²) in [4.78, 5) is 11.6. The Bertz CT molecular complexity index is 416. The van der Waals surface area contributed by atoms with Crippen molar-refractivity contribution in [3.8, 4) is 0 Å². The lowest BCUT2D eigenvalue weighted by molar-refractivity contribution is 0.114. The summed E-state index contributed by atoms with van der Waals surface area (Å²) in [6.07, 6.45) is 3.92. The Morgan fingerprint density at radius 3 is 2.94 bits per heavy atom. The largest absolute Gasteiger partial charge is 0.498 e. The lowest BCUT2D eigenvalue weighted by Gasteiger charge is -2.23. The molecular formula is C14H17NO3. The molecule has 0 aromatic heterocycles. The van der Waals surface area contributed by atoms with Crippen LogP contribution in [0.1, 0.15) is 18.9 Å². The second-order valence-electron chi connectivity index (χ2n) is 4.32. The van der Waals surface area contributed by atoms with Crippen LogP contribution in [0, 0.1) is 0 Å². The predicted molar refractivity (Wildman–Crippen MR) is 67.9 cm³/mol. The fourth-order valence-corrected chi connectivity index (χ4v) is 1.79. The van der Waals surface area contributed by atoms with Crippen molar-refractivity contribution in [3.05, 3.63) is 48.2 Å². The zero-order valence-electron chi connectivity index (χ0n) is 10.3. The summed E-state index contributed by atoms with van der Waals surface area (Å²) in [6.45, 7) is 2.25. The molecule has 96 valence electrons. The summed E-state index contributed by atoms with van der Waals surface area (Å²) in [5.41, 5.74) is 0.975. The average molecular weight is 247 g/mol. The smallest absolute Gasteiger partial charge is 0.407 e. The number of ether oxygens (including phenoxy) is 2. The molecule has 1 aliphatic rings. The van der Waals surface area contributed by atoms with E-state index < -0.39 is 6.09 Å². The van der Waals surface area contributed by atoms with Crippen LogP contribution in [0.3, 0.4) is 0 Å². The lowest BCUT2D eigenvalue weighted by Crippen LogP contribution is -2.37. The van der Waals surface area contributed by atoms with Gasteiger partial charge in [0.25, 0.3) is 0 Å². The van der Waals surface area contributed by atoms with E-state index in [9.17, 15) is 4.79 Å². The van der Waals surface area contributed by atoms with Gasteiger partial charge in [-0.2, -0.15) is 0 Å². The van der Waals surface area contributed by atoms with E-state index in [1.165, 1.54) is 0 Å². The number of alkyl carbamates (subject to hydrolysis) is 1. The highest BCUT2D eigenvalue weighted by Gasteiger charge is 2.17. The molecule has 1 heterocycles. The molecule has 0 aliphatic carbocycles. The Kier molecular flexibility index (Phi) is 4.23. The molecule has 1 amide bonds. The molecular weight excluding hydrogens is 230 g/mol. The normalized spacial score (nSPS) is 22.1. The van der Waals surface area contributed by atoms with Gasteiger partial charge in [-0.1, -0.05) is 30.3 Å². The number of amides is 1. The van der Waals surface area contributed by atoms with Crippen LogP contribution in [-0.2, 0) is 16.1 Å². The minimum atomic E-state index is -0.400. The molecule has 0 saturated carbocycles. The molecule has 4 nitrogen and oxygen atoms in total. The molecule has 0 spiro atoms. The van der Waals surface area contributed by atoms with E-state index in [4.69, 9.17) is 9.47 Å². The van der Waals surface area contributed by atoms with E-state index >= 15 is 0 Å². The predicted octanol–water partition coefficient (Wildman–Crippen LogP) is 2.60. The van der Waals surface area contributed by atoms with Gasteiger partial charge < -0.3 is 14.8 Å². The Labute approximate surface area is 107 Å². The molecule has 1 aromatic carbocycles. The molecule has 0 radical (unpaired) electrons. The van der Waals surface area contributed by atoms with Gasteiger partial charge in [-0.25, -0.2) is 4.79 Å². The fourth-order valence-electron chi connectivity index (χ4n) is 1.79.